The van der Waals surface area contributed by atoms with Crippen molar-refractivity contribution in [2.24, 2.45) is 28.8 Å². The fourth-order valence-corrected chi connectivity index (χ4v) is 7.66. The number of hydrazone groups is 1. The van der Waals surface area contributed by atoms with Crippen molar-refractivity contribution in [2.45, 2.75) is 63.5 Å². The Kier molecular flexibility index (Phi) is 3.37. The van der Waals surface area contributed by atoms with E-state index in [0.29, 0.717) is 23.7 Å². The predicted octanol–water partition coefficient (Wildman–Crippen LogP) is 2.66. The van der Waals surface area contributed by atoms with Crippen LogP contribution in [0.3, 0.4) is 0 Å². The topological polar surface area (TPSA) is 73.7 Å². The van der Waals surface area contributed by atoms with E-state index < -0.39 is 5.60 Å². The van der Waals surface area contributed by atoms with Gasteiger partial charge in [0.25, 0.3) is 0 Å². The van der Waals surface area contributed by atoms with Crippen molar-refractivity contribution in [3.05, 3.63) is 24.0 Å². The van der Waals surface area contributed by atoms with Crippen molar-refractivity contribution in [1.82, 2.24) is 14.9 Å². The lowest BCUT2D eigenvalue weighted by atomic mass is 9.48. The smallest absolute Gasteiger partial charge is 0.412 e. The molecule has 5 atom stereocenters. The molecular weight excluding hydrogens is 375 g/mol. The first kappa shape index (κ1) is 17.8. The van der Waals surface area contributed by atoms with Crippen LogP contribution < -0.4 is 5.46 Å². The first-order valence-corrected chi connectivity index (χ1v) is 11.6. The van der Waals surface area contributed by atoms with E-state index in [1.54, 1.807) is 0 Å². The van der Waals surface area contributed by atoms with Crippen LogP contribution in [0.25, 0.3) is 11.0 Å². The number of aliphatic hydroxyl groups is 1. The summed E-state index contributed by atoms with van der Waals surface area (Å²) in [5, 5.41) is 17.7. The molecule has 0 unspecified atom stereocenters. The molecule has 0 spiro atoms. The van der Waals surface area contributed by atoms with E-state index in [4.69, 9.17) is 14.7 Å². The third kappa shape index (κ3) is 2.28. The average Bonchev–Trinajstić information content (AvgIpc) is 3.15. The molecule has 6 nitrogen and oxygen atoms in total. The molecule has 6 aliphatic rings. The van der Waals surface area contributed by atoms with Crippen LogP contribution in [0.2, 0.25) is 0 Å². The minimum atomic E-state index is -0.428. The Bertz CT molecular complexity index is 1060. The predicted molar refractivity (Wildman–Crippen MR) is 117 cm³/mol. The lowest BCUT2D eigenvalue weighted by Gasteiger charge is -2.59. The van der Waals surface area contributed by atoms with Gasteiger partial charge < -0.3 is 19.7 Å². The molecule has 156 valence electrons. The highest BCUT2D eigenvalue weighted by atomic mass is 16.4. The molecule has 0 radical (unpaired) electrons. The van der Waals surface area contributed by atoms with Crippen molar-refractivity contribution in [3.63, 3.8) is 0 Å². The van der Waals surface area contributed by atoms with Crippen LogP contribution in [0, 0.1) is 23.7 Å². The minimum absolute atomic E-state index is 0.0525. The van der Waals surface area contributed by atoms with Crippen LogP contribution in [0.4, 0.5) is 0 Å². The molecule has 7 heteroatoms. The normalized spacial score (nSPS) is 38.6. The molecule has 4 saturated carbocycles. The van der Waals surface area contributed by atoms with E-state index in [2.05, 4.69) is 29.8 Å². The molecular formula is C23H29BN4O2. The second-order valence-electron chi connectivity index (χ2n) is 11.2. The fraction of sp³-hybridized carbons (Fsp3) is 0.652. The van der Waals surface area contributed by atoms with E-state index in [1.165, 1.54) is 24.1 Å². The number of rotatable bonds is 1. The molecule has 1 saturated heterocycles. The van der Waals surface area contributed by atoms with Crippen molar-refractivity contribution < 1.29 is 9.76 Å². The summed E-state index contributed by atoms with van der Waals surface area (Å²) in [6, 6.07) is 2.14. The molecule has 4 heterocycles. The number of hydrogen-bond donors (Lipinski definition) is 2. The van der Waals surface area contributed by atoms with Gasteiger partial charge in [-0.1, -0.05) is 0 Å². The van der Waals surface area contributed by atoms with E-state index in [1.807, 2.05) is 12.4 Å². The van der Waals surface area contributed by atoms with Crippen molar-refractivity contribution >= 4 is 29.3 Å². The summed E-state index contributed by atoms with van der Waals surface area (Å²) in [7, 11) is -0.166. The van der Waals surface area contributed by atoms with Crippen molar-refractivity contribution in [3.8, 4) is 0 Å². The molecule has 0 amide bonds. The quantitative estimate of drug-likeness (QED) is 0.717. The molecule has 4 aliphatic carbocycles. The van der Waals surface area contributed by atoms with Gasteiger partial charge in [-0.2, -0.15) is 5.10 Å². The summed E-state index contributed by atoms with van der Waals surface area (Å²) in [4.78, 5) is 10.2. The molecule has 4 bridgehead atoms. The lowest BCUT2D eigenvalue weighted by molar-refractivity contribution is -0.138. The van der Waals surface area contributed by atoms with Crippen LogP contribution in [0.1, 0.15) is 57.9 Å². The van der Waals surface area contributed by atoms with E-state index >= 15 is 0 Å². The second kappa shape index (κ2) is 5.68. The van der Waals surface area contributed by atoms with Gasteiger partial charge >= 0.3 is 7.05 Å². The molecule has 30 heavy (non-hydrogen) atoms. The molecule has 0 aromatic carbocycles. The number of fused-ring (bicyclic) bond motifs is 5. The SMILES string of the molecule is CC1(C)CCOB2c3cnc4[nH]ccc4c3C([C@@H]3[C@@H]4C[C@@H]5C[C@H]3C[C@@](O)(C5)C4)=NN21. The zero-order valence-electron chi connectivity index (χ0n) is 17.8. The number of nitrogens with one attached hydrogen (secondary N) is 1. The van der Waals surface area contributed by atoms with Gasteiger partial charge in [-0.25, -0.2) is 4.98 Å². The van der Waals surface area contributed by atoms with Crippen LogP contribution in [-0.4, -0.2) is 50.5 Å². The molecule has 5 fully saturated rings. The van der Waals surface area contributed by atoms with Crippen molar-refractivity contribution in [2.75, 3.05) is 6.61 Å². The summed E-state index contributed by atoms with van der Waals surface area (Å²) in [5.74, 6) is 2.17. The van der Waals surface area contributed by atoms with Gasteiger partial charge in [0, 0.05) is 46.9 Å². The van der Waals surface area contributed by atoms with Crippen LogP contribution in [0.5, 0.6) is 0 Å². The largest absolute Gasteiger partial charge is 0.471 e. The van der Waals surface area contributed by atoms with Gasteiger partial charge in [0.15, 0.2) is 0 Å². The molecule has 2 N–H and O–H groups in total. The van der Waals surface area contributed by atoms with Gasteiger partial charge in [0.05, 0.1) is 11.3 Å². The standard InChI is InChI=1S/C23H29BN4O2/c1-22(2)4-6-30-24-17-12-26-21-16(3-5-25-21)19(17)20(27-28(22)24)18-14-7-13-8-15(18)11-23(29,9-13)10-14/h3,5,12-15,18,29H,4,6-11H2,1-2H3,(H,25,26)/t13-,14-,15+,18-,23-. The monoisotopic (exact) mass is 404 g/mol. The second-order valence-corrected chi connectivity index (χ2v) is 11.2. The summed E-state index contributed by atoms with van der Waals surface area (Å²) >= 11 is 0. The number of nitrogens with zero attached hydrogens (tertiary/aromatic N) is 3. The maximum absolute atomic E-state index is 11.1. The third-order valence-electron chi connectivity index (χ3n) is 8.74. The zero-order chi connectivity index (χ0) is 20.3. The summed E-state index contributed by atoms with van der Waals surface area (Å²) < 4.78 is 6.27. The Hall–Kier alpha value is -1.86. The Labute approximate surface area is 177 Å². The molecule has 2 aliphatic heterocycles. The number of hydrogen-bond acceptors (Lipinski definition) is 5. The third-order valence-corrected chi connectivity index (χ3v) is 8.74. The Morgan fingerprint density at radius 2 is 2.03 bits per heavy atom. The Balaban J connectivity index is 1.43. The zero-order valence-corrected chi connectivity index (χ0v) is 17.8. The summed E-state index contributed by atoms with van der Waals surface area (Å²) in [6.07, 6.45) is 10.3. The number of aromatic nitrogens is 2. The first-order valence-electron chi connectivity index (χ1n) is 11.6. The summed E-state index contributed by atoms with van der Waals surface area (Å²) in [6.45, 7) is 5.29. The van der Waals surface area contributed by atoms with Gasteiger partial charge in [0.1, 0.15) is 5.65 Å². The van der Waals surface area contributed by atoms with Crippen LogP contribution >= 0.6 is 0 Å². The van der Waals surface area contributed by atoms with Crippen LogP contribution in [-0.2, 0) is 4.65 Å². The number of pyridine rings is 1. The summed E-state index contributed by atoms with van der Waals surface area (Å²) in [5.41, 5.74) is 4.07. The fourth-order valence-electron chi connectivity index (χ4n) is 7.66. The molecule has 2 aromatic heterocycles. The number of H-pyrrole nitrogens is 1. The lowest BCUT2D eigenvalue weighted by Crippen LogP contribution is -2.65. The van der Waals surface area contributed by atoms with E-state index in [0.717, 1.165) is 48.8 Å². The minimum Gasteiger partial charge on any atom is -0.412 e. The van der Waals surface area contributed by atoms with Gasteiger partial charge in [-0.15, -0.1) is 0 Å². The Morgan fingerprint density at radius 3 is 2.80 bits per heavy atom. The van der Waals surface area contributed by atoms with E-state index in [9.17, 15) is 5.11 Å². The van der Waals surface area contributed by atoms with Gasteiger partial charge in [0.2, 0.25) is 0 Å². The maximum atomic E-state index is 11.1. The maximum Gasteiger partial charge on any atom is 0.471 e. The average molecular weight is 404 g/mol. The van der Waals surface area contributed by atoms with Gasteiger partial charge in [-0.3, -0.25) is 0 Å². The molecule has 2 aromatic rings. The highest BCUT2D eigenvalue weighted by molar-refractivity contribution is 6.68. The molecule has 8 rings (SSSR count). The highest BCUT2D eigenvalue weighted by Crippen LogP contribution is 2.59. The van der Waals surface area contributed by atoms with Crippen molar-refractivity contribution in [1.29, 1.82) is 0 Å². The number of aromatic amines is 1. The van der Waals surface area contributed by atoms with Gasteiger partial charge in [-0.05, 0) is 76.2 Å². The van der Waals surface area contributed by atoms with Crippen LogP contribution in [0.15, 0.2) is 23.6 Å². The van der Waals surface area contributed by atoms with E-state index in [-0.39, 0.29) is 12.6 Å². The first-order chi connectivity index (χ1) is 14.4. The Morgan fingerprint density at radius 1 is 1.23 bits per heavy atom. The highest BCUT2D eigenvalue weighted by Gasteiger charge is 2.57.